The first kappa shape index (κ1) is 24.3. The number of ketones is 1. The van der Waals surface area contributed by atoms with E-state index in [0.717, 1.165) is 40.7 Å². The van der Waals surface area contributed by atoms with E-state index in [0.29, 0.717) is 11.3 Å². The highest BCUT2D eigenvalue weighted by Gasteiger charge is 2.47. The predicted molar refractivity (Wildman–Crippen MR) is 150 cm³/mol. The molecule has 5 rings (SSSR count). The Balaban J connectivity index is 1.68. The number of carbonyl (C=O) groups is 2. The fourth-order valence-corrected chi connectivity index (χ4v) is 5.07. The van der Waals surface area contributed by atoms with E-state index in [4.69, 9.17) is 0 Å². The molecule has 0 bridgehead atoms. The Kier molecular flexibility index (Phi) is 6.53. The zero-order valence-electron chi connectivity index (χ0n) is 21.3. The summed E-state index contributed by atoms with van der Waals surface area (Å²) in [6.45, 7) is 7.93. The first-order valence-electron chi connectivity index (χ1n) is 12.6. The van der Waals surface area contributed by atoms with Crippen LogP contribution in [-0.2, 0) is 9.59 Å². The number of amides is 1. The molecular weight excluding hydrogens is 460 g/mol. The van der Waals surface area contributed by atoms with E-state index in [1.165, 1.54) is 4.90 Å². The van der Waals surface area contributed by atoms with E-state index < -0.39 is 17.7 Å². The Morgan fingerprint density at radius 2 is 1.49 bits per heavy atom. The van der Waals surface area contributed by atoms with E-state index >= 15 is 0 Å². The number of aryl methyl sites for hydroxylation is 1. The molecule has 0 aliphatic carbocycles. The monoisotopic (exact) mass is 490 g/mol. The van der Waals surface area contributed by atoms with Gasteiger partial charge in [-0.3, -0.25) is 14.5 Å². The predicted octanol–water partition coefficient (Wildman–Crippen LogP) is 6.62. The molecule has 37 heavy (non-hydrogen) atoms. The molecule has 1 saturated heterocycles. The molecule has 4 aromatic rings. The quantitative estimate of drug-likeness (QED) is 0.187. The van der Waals surface area contributed by atoms with Crippen molar-refractivity contribution in [2.75, 3.05) is 22.9 Å². The van der Waals surface area contributed by atoms with Crippen LogP contribution in [-0.4, -0.2) is 29.9 Å². The molecule has 5 heteroatoms. The second-order valence-corrected chi connectivity index (χ2v) is 9.33. The lowest BCUT2D eigenvalue weighted by atomic mass is 9.94. The van der Waals surface area contributed by atoms with Gasteiger partial charge in [0.2, 0.25) is 0 Å². The second-order valence-electron chi connectivity index (χ2n) is 9.33. The van der Waals surface area contributed by atoms with Crippen molar-refractivity contribution in [2.24, 2.45) is 0 Å². The van der Waals surface area contributed by atoms with Crippen LogP contribution in [0.3, 0.4) is 0 Å². The zero-order chi connectivity index (χ0) is 26.1. The maximum absolute atomic E-state index is 13.5. The number of fused-ring (bicyclic) bond motifs is 1. The molecule has 1 heterocycles. The van der Waals surface area contributed by atoms with Crippen molar-refractivity contribution in [2.45, 2.75) is 26.8 Å². The summed E-state index contributed by atoms with van der Waals surface area (Å²) >= 11 is 0. The fourth-order valence-electron chi connectivity index (χ4n) is 5.07. The minimum atomic E-state index is -0.750. The summed E-state index contributed by atoms with van der Waals surface area (Å²) in [6.07, 6.45) is 0. The fraction of sp³-hybridized carbons (Fsp3) is 0.188. The molecule has 1 amide bonds. The molecule has 1 N–H and O–H groups in total. The number of aliphatic hydroxyl groups excluding tert-OH is 1. The summed E-state index contributed by atoms with van der Waals surface area (Å²) in [6, 6.07) is 28.1. The van der Waals surface area contributed by atoms with Crippen LogP contribution in [0.15, 0.2) is 96.6 Å². The van der Waals surface area contributed by atoms with Gasteiger partial charge in [-0.15, -0.1) is 0 Å². The summed E-state index contributed by atoms with van der Waals surface area (Å²) in [5, 5.41) is 13.5. The van der Waals surface area contributed by atoms with Crippen molar-refractivity contribution in [3.05, 3.63) is 113 Å². The lowest BCUT2D eigenvalue weighted by molar-refractivity contribution is -0.132. The molecule has 1 aliphatic heterocycles. The Bertz CT molecular complexity index is 1500. The number of hydrogen-bond acceptors (Lipinski definition) is 4. The van der Waals surface area contributed by atoms with Gasteiger partial charge in [0.25, 0.3) is 11.7 Å². The number of carbonyl (C=O) groups excluding carboxylic acids is 2. The Morgan fingerprint density at radius 3 is 2.14 bits per heavy atom. The Hall–Kier alpha value is -4.38. The largest absolute Gasteiger partial charge is 0.507 e. The van der Waals surface area contributed by atoms with Crippen molar-refractivity contribution in [1.82, 2.24) is 0 Å². The molecule has 0 radical (unpaired) electrons. The van der Waals surface area contributed by atoms with Gasteiger partial charge in [0.15, 0.2) is 0 Å². The normalized spacial score (nSPS) is 16.9. The van der Waals surface area contributed by atoms with Gasteiger partial charge in [-0.2, -0.15) is 0 Å². The lowest BCUT2D eigenvalue weighted by Crippen LogP contribution is -2.29. The molecule has 4 aromatic carbocycles. The topological polar surface area (TPSA) is 60.9 Å². The zero-order valence-corrected chi connectivity index (χ0v) is 21.3. The smallest absolute Gasteiger partial charge is 0.300 e. The highest BCUT2D eigenvalue weighted by atomic mass is 16.3. The molecule has 1 unspecified atom stereocenters. The highest BCUT2D eigenvalue weighted by molar-refractivity contribution is 6.51. The number of benzene rings is 4. The van der Waals surface area contributed by atoms with Gasteiger partial charge in [-0.05, 0) is 67.4 Å². The number of Topliss-reactive ketones (excluding diaryl/α,β-unsaturated/α-hetero) is 1. The van der Waals surface area contributed by atoms with Crippen LogP contribution in [0.4, 0.5) is 11.4 Å². The van der Waals surface area contributed by atoms with Crippen molar-refractivity contribution < 1.29 is 14.7 Å². The summed E-state index contributed by atoms with van der Waals surface area (Å²) in [5.41, 5.74) is 4.09. The van der Waals surface area contributed by atoms with Gasteiger partial charge in [-0.25, -0.2) is 0 Å². The van der Waals surface area contributed by atoms with Crippen molar-refractivity contribution in [3.8, 4) is 0 Å². The standard InChI is InChI=1S/C32H30N2O3/c1-4-33(5-2)26-18-14-23(15-19-26)29-28(30(35)25-13-12-22-8-6-7-9-24(22)20-25)31(36)32(37)34(29)27-16-10-21(3)11-17-27/h6-20,29,35H,4-5H2,1-3H3/b30-28-. The van der Waals surface area contributed by atoms with Crippen LogP contribution in [0.1, 0.15) is 36.6 Å². The third-order valence-corrected chi connectivity index (χ3v) is 7.12. The van der Waals surface area contributed by atoms with Crippen LogP contribution in [0, 0.1) is 6.92 Å². The van der Waals surface area contributed by atoms with Gasteiger partial charge in [0.1, 0.15) is 5.76 Å². The van der Waals surface area contributed by atoms with E-state index in [9.17, 15) is 14.7 Å². The molecule has 186 valence electrons. The summed E-state index contributed by atoms with van der Waals surface area (Å²) in [4.78, 5) is 30.6. The number of aliphatic hydroxyl groups is 1. The molecule has 5 nitrogen and oxygen atoms in total. The molecule has 0 saturated carbocycles. The lowest BCUT2D eigenvalue weighted by Gasteiger charge is -2.27. The molecule has 1 aliphatic rings. The molecule has 0 aromatic heterocycles. The van der Waals surface area contributed by atoms with E-state index in [1.807, 2.05) is 91.9 Å². The number of nitrogens with zero attached hydrogens (tertiary/aromatic N) is 2. The van der Waals surface area contributed by atoms with Crippen LogP contribution < -0.4 is 9.80 Å². The first-order chi connectivity index (χ1) is 17.9. The maximum Gasteiger partial charge on any atom is 0.300 e. The molecule has 0 spiro atoms. The third kappa shape index (κ3) is 4.38. The van der Waals surface area contributed by atoms with Gasteiger partial charge in [0.05, 0.1) is 11.6 Å². The molecular formula is C32H30N2O3. The van der Waals surface area contributed by atoms with Crippen molar-refractivity contribution in [1.29, 1.82) is 0 Å². The SMILES string of the molecule is CCN(CC)c1ccc(C2/C(=C(/O)c3ccc4ccccc4c3)C(=O)C(=O)N2c2ccc(C)cc2)cc1. The van der Waals surface area contributed by atoms with E-state index in [2.05, 4.69) is 18.7 Å². The average molecular weight is 491 g/mol. The summed E-state index contributed by atoms with van der Waals surface area (Å²) in [5.74, 6) is -1.51. The van der Waals surface area contributed by atoms with Crippen LogP contribution in [0.25, 0.3) is 16.5 Å². The summed E-state index contributed by atoms with van der Waals surface area (Å²) in [7, 11) is 0. The van der Waals surface area contributed by atoms with Gasteiger partial charge in [0, 0.05) is 30.0 Å². The van der Waals surface area contributed by atoms with Crippen LogP contribution >= 0.6 is 0 Å². The Labute approximate surface area is 217 Å². The minimum Gasteiger partial charge on any atom is -0.507 e. The van der Waals surface area contributed by atoms with E-state index in [-0.39, 0.29) is 11.3 Å². The average Bonchev–Trinajstić information content (AvgIpc) is 3.19. The first-order valence-corrected chi connectivity index (χ1v) is 12.6. The second kappa shape index (κ2) is 9.94. The maximum atomic E-state index is 13.5. The van der Waals surface area contributed by atoms with Crippen LogP contribution in [0.2, 0.25) is 0 Å². The van der Waals surface area contributed by atoms with Gasteiger partial charge in [-0.1, -0.05) is 66.2 Å². The van der Waals surface area contributed by atoms with E-state index in [1.54, 1.807) is 6.07 Å². The number of rotatable bonds is 6. The highest BCUT2D eigenvalue weighted by Crippen LogP contribution is 2.42. The third-order valence-electron chi connectivity index (χ3n) is 7.12. The number of anilines is 2. The van der Waals surface area contributed by atoms with Gasteiger partial charge >= 0.3 is 0 Å². The van der Waals surface area contributed by atoms with Crippen molar-refractivity contribution >= 4 is 39.6 Å². The summed E-state index contributed by atoms with van der Waals surface area (Å²) < 4.78 is 0. The number of hydrogen-bond donors (Lipinski definition) is 1. The molecule has 1 atom stereocenters. The minimum absolute atomic E-state index is 0.0939. The van der Waals surface area contributed by atoms with Crippen molar-refractivity contribution in [3.63, 3.8) is 0 Å². The Morgan fingerprint density at radius 1 is 0.838 bits per heavy atom. The van der Waals surface area contributed by atoms with Gasteiger partial charge < -0.3 is 10.0 Å². The molecule has 1 fully saturated rings. The van der Waals surface area contributed by atoms with Crippen LogP contribution in [0.5, 0.6) is 0 Å².